The molecule has 0 saturated carbocycles. The van der Waals surface area contributed by atoms with E-state index in [0.29, 0.717) is 34.5 Å². The topological polar surface area (TPSA) is 55.0 Å². The van der Waals surface area contributed by atoms with E-state index in [1.165, 1.54) is 12.1 Å². The Morgan fingerprint density at radius 2 is 2.26 bits per heavy atom. The summed E-state index contributed by atoms with van der Waals surface area (Å²) in [6.45, 7) is 0.829. The molecule has 6 heteroatoms. The van der Waals surface area contributed by atoms with E-state index >= 15 is 0 Å². The van der Waals surface area contributed by atoms with Gasteiger partial charge in [-0.3, -0.25) is 4.79 Å². The fourth-order valence-electron chi connectivity index (χ4n) is 2.05. The Kier molecular flexibility index (Phi) is 3.20. The van der Waals surface area contributed by atoms with Crippen LogP contribution in [0.4, 0.5) is 4.39 Å². The molecule has 19 heavy (non-hydrogen) atoms. The van der Waals surface area contributed by atoms with E-state index in [2.05, 4.69) is 25.9 Å². The van der Waals surface area contributed by atoms with Crippen molar-refractivity contribution in [1.29, 1.82) is 0 Å². The summed E-state index contributed by atoms with van der Waals surface area (Å²) in [5.41, 5.74) is 1.59. The van der Waals surface area contributed by atoms with Gasteiger partial charge in [-0.2, -0.15) is 0 Å². The number of fused-ring (bicyclic) bond motifs is 1. The lowest BCUT2D eigenvalue weighted by Gasteiger charge is -2.15. The number of H-pyrrole nitrogens is 1. The van der Waals surface area contributed by atoms with Gasteiger partial charge in [0, 0.05) is 16.5 Å². The van der Waals surface area contributed by atoms with Gasteiger partial charge < -0.3 is 9.72 Å². The summed E-state index contributed by atoms with van der Waals surface area (Å²) in [6.07, 6.45) is 0.596. The van der Waals surface area contributed by atoms with Gasteiger partial charge in [-0.25, -0.2) is 9.37 Å². The molecule has 0 amide bonds. The molecular formula is C13H10BrFN2O2. The molecule has 1 N–H and O–H groups in total. The number of aromatic amines is 1. The van der Waals surface area contributed by atoms with E-state index < -0.39 is 0 Å². The second kappa shape index (κ2) is 4.86. The van der Waals surface area contributed by atoms with Crippen molar-refractivity contribution in [2.45, 2.75) is 13.0 Å². The van der Waals surface area contributed by atoms with Crippen molar-refractivity contribution in [2.24, 2.45) is 0 Å². The fraction of sp³-hybridized carbons (Fsp3) is 0.231. The number of halogens is 2. The monoisotopic (exact) mass is 324 g/mol. The molecule has 3 rings (SSSR count). The Morgan fingerprint density at radius 3 is 3.11 bits per heavy atom. The maximum Gasteiger partial charge on any atom is 0.256 e. The largest absolute Gasteiger partial charge is 0.376 e. The van der Waals surface area contributed by atoms with Gasteiger partial charge in [0.25, 0.3) is 5.56 Å². The highest BCUT2D eigenvalue weighted by molar-refractivity contribution is 9.10. The van der Waals surface area contributed by atoms with E-state index in [0.717, 1.165) is 5.69 Å². The summed E-state index contributed by atoms with van der Waals surface area (Å²) in [7, 11) is 0. The predicted molar refractivity (Wildman–Crippen MR) is 71.3 cm³/mol. The Labute approximate surface area is 116 Å². The molecule has 0 radical (unpaired) electrons. The van der Waals surface area contributed by atoms with Gasteiger partial charge >= 0.3 is 0 Å². The average molecular weight is 325 g/mol. The van der Waals surface area contributed by atoms with E-state index in [-0.39, 0.29) is 18.0 Å². The van der Waals surface area contributed by atoms with E-state index in [1.807, 2.05) is 0 Å². The molecule has 1 aliphatic rings. The summed E-state index contributed by atoms with van der Waals surface area (Å²) in [6, 6.07) is 4.28. The zero-order valence-corrected chi connectivity index (χ0v) is 11.5. The van der Waals surface area contributed by atoms with Crippen molar-refractivity contribution in [3.05, 3.63) is 50.1 Å². The maximum absolute atomic E-state index is 13.3. The first-order valence-corrected chi connectivity index (χ1v) is 6.59. The van der Waals surface area contributed by atoms with Crippen LogP contribution in [-0.4, -0.2) is 16.6 Å². The molecule has 0 fully saturated rings. The number of hydrogen-bond donors (Lipinski definition) is 1. The molecule has 1 aliphatic heterocycles. The van der Waals surface area contributed by atoms with Gasteiger partial charge in [-0.15, -0.1) is 0 Å². The average Bonchev–Trinajstić information content (AvgIpc) is 2.41. The van der Waals surface area contributed by atoms with Gasteiger partial charge in [0.05, 0.1) is 24.5 Å². The van der Waals surface area contributed by atoms with Crippen molar-refractivity contribution in [3.8, 4) is 11.4 Å². The summed E-state index contributed by atoms with van der Waals surface area (Å²) < 4.78 is 19.2. The third kappa shape index (κ3) is 2.33. The smallest absolute Gasteiger partial charge is 0.256 e. The van der Waals surface area contributed by atoms with Crippen LogP contribution in [-0.2, 0) is 17.8 Å². The van der Waals surface area contributed by atoms with Crippen LogP contribution in [0.3, 0.4) is 0 Å². The highest BCUT2D eigenvalue weighted by Crippen LogP contribution is 2.26. The molecule has 0 saturated heterocycles. The number of aromatic nitrogens is 2. The minimum atomic E-state index is -0.373. The second-order valence-corrected chi connectivity index (χ2v) is 5.12. The van der Waals surface area contributed by atoms with E-state index in [1.54, 1.807) is 6.07 Å². The number of nitrogens with one attached hydrogen (secondary N) is 1. The Morgan fingerprint density at radius 1 is 1.42 bits per heavy atom. The van der Waals surface area contributed by atoms with Crippen molar-refractivity contribution in [2.75, 3.05) is 6.61 Å². The van der Waals surface area contributed by atoms with Crippen LogP contribution in [0.25, 0.3) is 11.4 Å². The van der Waals surface area contributed by atoms with Crippen LogP contribution in [0, 0.1) is 5.82 Å². The van der Waals surface area contributed by atoms with Crippen LogP contribution < -0.4 is 5.56 Å². The number of ether oxygens (including phenoxy) is 1. The number of benzene rings is 1. The summed E-state index contributed by atoms with van der Waals surface area (Å²) >= 11 is 3.33. The maximum atomic E-state index is 13.3. The normalized spacial score (nSPS) is 14.2. The molecule has 0 unspecified atom stereocenters. The predicted octanol–water partition coefficient (Wildman–Crippen LogP) is 2.41. The highest BCUT2D eigenvalue weighted by Gasteiger charge is 2.17. The molecule has 0 spiro atoms. The van der Waals surface area contributed by atoms with Crippen molar-refractivity contribution in [3.63, 3.8) is 0 Å². The van der Waals surface area contributed by atoms with E-state index in [9.17, 15) is 9.18 Å². The summed E-state index contributed by atoms with van der Waals surface area (Å²) in [4.78, 5) is 19.1. The lowest BCUT2D eigenvalue weighted by Crippen LogP contribution is -2.24. The molecule has 0 atom stereocenters. The minimum Gasteiger partial charge on any atom is -0.376 e. The number of nitrogens with zero attached hydrogens (tertiary/aromatic N) is 1. The first-order valence-electron chi connectivity index (χ1n) is 5.80. The Balaban J connectivity index is 2.18. The van der Waals surface area contributed by atoms with Crippen molar-refractivity contribution < 1.29 is 9.13 Å². The van der Waals surface area contributed by atoms with Crippen LogP contribution in [0.1, 0.15) is 11.3 Å². The first-order chi connectivity index (χ1) is 9.15. The molecule has 1 aromatic heterocycles. The quantitative estimate of drug-likeness (QED) is 0.876. The summed E-state index contributed by atoms with van der Waals surface area (Å²) in [5, 5.41) is 0. The van der Waals surface area contributed by atoms with Crippen LogP contribution >= 0.6 is 15.9 Å². The lowest BCUT2D eigenvalue weighted by molar-refractivity contribution is 0.108. The highest BCUT2D eigenvalue weighted by atomic mass is 79.9. The first kappa shape index (κ1) is 12.5. The van der Waals surface area contributed by atoms with Gasteiger partial charge in [-0.05, 0) is 18.2 Å². The van der Waals surface area contributed by atoms with E-state index in [4.69, 9.17) is 4.74 Å². The third-order valence-corrected chi connectivity index (χ3v) is 3.71. The van der Waals surface area contributed by atoms with Crippen molar-refractivity contribution in [1.82, 2.24) is 9.97 Å². The molecule has 1 aromatic carbocycles. The van der Waals surface area contributed by atoms with Crippen LogP contribution in [0.5, 0.6) is 0 Å². The van der Waals surface area contributed by atoms with Gasteiger partial charge in [0.1, 0.15) is 11.6 Å². The minimum absolute atomic E-state index is 0.226. The molecule has 0 aliphatic carbocycles. The van der Waals surface area contributed by atoms with Crippen LogP contribution in [0.2, 0.25) is 0 Å². The Hall–Kier alpha value is -1.53. The Bertz CT molecular complexity index is 700. The lowest BCUT2D eigenvalue weighted by atomic mass is 10.1. The molecule has 2 aromatic rings. The molecular weight excluding hydrogens is 315 g/mol. The van der Waals surface area contributed by atoms with Gasteiger partial charge in [0.15, 0.2) is 0 Å². The fourth-order valence-corrected chi connectivity index (χ4v) is 2.48. The SMILES string of the molecule is O=c1[nH]c(-c2cc(F)ccc2Br)nc2c1COCC2. The molecule has 2 heterocycles. The number of hydrogen-bond acceptors (Lipinski definition) is 3. The summed E-state index contributed by atoms with van der Waals surface area (Å²) in [5.74, 6) is -0.000993. The van der Waals surface area contributed by atoms with Crippen LogP contribution in [0.15, 0.2) is 27.5 Å². The second-order valence-electron chi connectivity index (χ2n) is 4.27. The third-order valence-electron chi connectivity index (χ3n) is 3.01. The zero-order chi connectivity index (χ0) is 13.4. The molecule has 4 nitrogen and oxygen atoms in total. The standard InChI is InChI=1S/C13H10BrFN2O2/c14-10-2-1-7(15)5-8(10)12-16-11-3-4-19-6-9(11)13(18)17-12/h1-2,5H,3-4,6H2,(H,16,17,18). The van der Waals surface area contributed by atoms with Crippen molar-refractivity contribution >= 4 is 15.9 Å². The molecule has 0 bridgehead atoms. The zero-order valence-electron chi connectivity index (χ0n) is 9.87. The molecule has 98 valence electrons. The number of rotatable bonds is 1. The van der Waals surface area contributed by atoms with Gasteiger partial charge in [-0.1, -0.05) is 15.9 Å². The van der Waals surface area contributed by atoms with Gasteiger partial charge in [0.2, 0.25) is 0 Å².